The van der Waals surface area contributed by atoms with E-state index in [0.29, 0.717) is 0 Å². The van der Waals surface area contributed by atoms with E-state index in [1.165, 1.54) is 0 Å². The Morgan fingerprint density at radius 1 is 0.889 bits per heavy atom. The smallest absolute Gasteiger partial charge is 0.790 e. The van der Waals surface area contributed by atoms with Crippen LogP contribution in [0.3, 0.4) is 0 Å². The van der Waals surface area contributed by atoms with Crippen molar-refractivity contribution >= 4 is 49.1 Å². The zero-order valence-electron chi connectivity index (χ0n) is 9.06. The molecule has 0 unspecified atom stereocenters. The minimum absolute atomic E-state index is 0. The third-order valence-corrected chi connectivity index (χ3v) is 0. The first kappa shape index (κ1) is 37.6. The van der Waals surface area contributed by atoms with E-state index in [1.54, 1.807) is 0 Å². The first-order valence-corrected chi connectivity index (χ1v) is 6.59. The van der Waals surface area contributed by atoms with E-state index in [2.05, 4.69) is 0 Å². The Morgan fingerprint density at radius 2 is 0.889 bits per heavy atom. The summed E-state index contributed by atoms with van der Waals surface area (Å²) in [4.78, 5) is 45.8. The molecule has 12 nitrogen and oxygen atoms in total. The van der Waals surface area contributed by atoms with Gasteiger partial charge in [0, 0.05) is 10.4 Å². The van der Waals surface area contributed by atoms with Gasteiger partial charge in [-0.15, -0.1) is 0 Å². The Morgan fingerprint density at radius 3 is 0.889 bits per heavy atom. The molecule has 0 aliphatic carbocycles. The van der Waals surface area contributed by atoms with Gasteiger partial charge in [-0.3, -0.25) is 8.42 Å². The van der Waals surface area contributed by atoms with Crippen LogP contribution >= 0.6 is 15.6 Å². The van der Waals surface area contributed by atoms with Crippen LogP contribution in [0.5, 0.6) is 0 Å². The number of phosphoric acid groups is 2. The molecule has 0 radical (unpaired) electrons. The second-order valence-electron chi connectivity index (χ2n) is 1.39. The van der Waals surface area contributed by atoms with Crippen molar-refractivity contribution in [1.82, 2.24) is 0 Å². The molecule has 0 atom stereocenters. The molecular formula is H4KMgNaO12P2S. The van der Waals surface area contributed by atoms with E-state index >= 15 is 0 Å². The first-order chi connectivity index (χ1) is 6.00. The maximum Gasteiger partial charge on any atom is 2.00 e. The summed E-state index contributed by atoms with van der Waals surface area (Å²) in [5.41, 5.74) is 0. The summed E-state index contributed by atoms with van der Waals surface area (Å²) in [5.74, 6) is 0. The number of hydrogen-bond donors (Lipinski definition) is 4. The molecule has 18 heavy (non-hydrogen) atoms. The molecule has 0 aliphatic heterocycles. The number of rotatable bonds is 0. The van der Waals surface area contributed by atoms with Gasteiger partial charge in [0.15, 0.2) is 0 Å². The van der Waals surface area contributed by atoms with Gasteiger partial charge in [0.25, 0.3) is 0 Å². The molecule has 0 saturated carbocycles. The molecule has 18 heteroatoms. The zero-order chi connectivity index (χ0) is 13.5. The minimum atomic E-state index is -5.17. The number of hydrogen-bond acceptors (Lipinski definition) is 8. The second-order valence-corrected chi connectivity index (χ2v) is 4.17. The molecule has 0 amide bonds. The fraction of sp³-hybridized carbons (Fsp3) is 0. The van der Waals surface area contributed by atoms with Crippen LogP contribution < -0.4 is 90.7 Å². The van der Waals surface area contributed by atoms with E-state index in [-0.39, 0.29) is 104 Å². The molecule has 0 aromatic heterocycles. The SMILES string of the molecule is O=P(O)(O)O.O=P([O-])([O-])O.O=S(=O)([O-])[O-].[K+].[Mg+2].[Na+]. The van der Waals surface area contributed by atoms with Gasteiger partial charge in [0.1, 0.15) is 0 Å². The molecule has 0 spiro atoms. The molecular weight excluding hydrogens is 372 g/mol. The average molecular weight is 376 g/mol. The van der Waals surface area contributed by atoms with Crippen molar-refractivity contribution in [2.45, 2.75) is 0 Å². The van der Waals surface area contributed by atoms with Crippen LogP contribution in [0.25, 0.3) is 0 Å². The van der Waals surface area contributed by atoms with Crippen molar-refractivity contribution in [3.05, 3.63) is 0 Å². The summed E-state index contributed by atoms with van der Waals surface area (Å²) in [6.07, 6.45) is 0. The van der Waals surface area contributed by atoms with Crippen molar-refractivity contribution in [2.24, 2.45) is 0 Å². The summed E-state index contributed by atoms with van der Waals surface area (Å²) < 4.78 is 51.6. The van der Waals surface area contributed by atoms with Gasteiger partial charge in [-0.1, -0.05) is 0 Å². The Kier molecular flexibility index (Phi) is 35.2. The van der Waals surface area contributed by atoms with E-state index < -0.39 is 26.0 Å². The predicted octanol–water partition coefficient (Wildman–Crippen LogP) is -10.8. The third kappa shape index (κ3) is 546. The van der Waals surface area contributed by atoms with E-state index in [4.69, 9.17) is 56.0 Å². The Hall–Kier alpha value is 3.49. The van der Waals surface area contributed by atoms with Crippen molar-refractivity contribution in [2.75, 3.05) is 0 Å². The van der Waals surface area contributed by atoms with Gasteiger partial charge >= 0.3 is 112 Å². The Bertz CT molecular complexity index is 295. The molecule has 0 heterocycles. The van der Waals surface area contributed by atoms with Crippen LogP contribution in [0.2, 0.25) is 0 Å². The van der Waals surface area contributed by atoms with E-state index in [1.807, 2.05) is 0 Å². The quantitative estimate of drug-likeness (QED) is 0.133. The monoisotopic (exact) mass is 376 g/mol. The van der Waals surface area contributed by atoms with Gasteiger partial charge < -0.3 is 43.0 Å². The Balaban J connectivity index is -0.0000000277. The fourth-order valence-electron chi connectivity index (χ4n) is 0. The maximum atomic E-state index is 8.88. The van der Waals surface area contributed by atoms with Gasteiger partial charge in [0.05, 0.1) is 7.82 Å². The molecule has 0 aromatic rings. The van der Waals surface area contributed by atoms with Crippen LogP contribution in [0.4, 0.5) is 0 Å². The average Bonchev–Trinajstić information content (AvgIpc) is 1.41. The fourth-order valence-corrected chi connectivity index (χ4v) is 0. The summed E-state index contributed by atoms with van der Waals surface area (Å²) in [7, 11) is -14.9. The van der Waals surface area contributed by atoms with E-state index in [0.717, 1.165) is 0 Å². The maximum absolute atomic E-state index is 8.88. The molecule has 0 fully saturated rings. The molecule has 0 rings (SSSR count). The molecule has 0 aromatic carbocycles. The van der Waals surface area contributed by atoms with Crippen LogP contribution in [0.15, 0.2) is 0 Å². The van der Waals surface area contributed by atoms with Crippen molar-refractivity contribution in [3.8, 4) is 0 Å². The normalized spacial score (nSPS) is 9.78. The van der Waals surface area contributed by atoms with Crippen molar-refractivity contribution in [1.29, 1.82) is 0 Å². The summed E-state index contributed by atoms with van der Waals surface area (Å²) in [6.45, 7) is 0. The van der Waals surface area contributed by atoms with Crippen molar-refractivity contribution in [3.63, 3.8) is 0 Å². The molecule has 0 saturated heterocycles. The van der Waals surface area contributed by atoms with Crippen LogP contribution in [0.1, 0.15) is 0 Å². The van der Waals surface area contributed by atoms with Crippen LogP contribution in [0, 0.1) is 0 Å². The van der Waals surface area contributed by atoms with E-state index in [9.17, 15) is 0 Å². The first-order valence-electron chi connectivity index (χ1n) is 2.20. The standard InChI is InChI=1S/K.Mg.Na.2H3O4P.H2O4S/c;;;3*1-5(2,3)4/h;;;2*(H3,1,2,3,4);(H2,1,2,3,4)/q+1;+2;+1;;;/p-4. The van der Waals surface area contributed by atoms with Crippen LogP contribution in [-0.2, 0) is 19.5 Å². The molecule has 4 N–H and O–H groups in total. The minimum Gasteiger partial charge on any atom is -0.790 e. The summed E-state index contributed by atoms with van der Waals surface area (Å²) >= 11 is 0. The molecule has 0 bridgehead atoms. The molecule has 0 aliphatic rings. The van der Waals surface area contributed by atoms with Gasteiger partial charge in [-0.25, -0.2) is 4.57 Å². The summed E-state index contributed by atoms with van der Waals surface area (Å²) in [5, 5.41) is 0. The predicted molar refractivity (Wildman–Crippen MR) is 40.3 cm³/mol. The third-order valence-electron chi connectivity index (χ3n) is 0. The summed E-state index contributed by atoms with van der Waals surface area (Å²) in [6, 6.07) is 0. The van der Waals surface area contributed by atoms with Gasteiger partial charge in [-0.05, 0) is 0 Å². The topological polar surface area (TPSA) is 241 Å². The zero-order valence-corrected chi connectivity index (χ0v) is 18.2. The largest absolute Gasteiger partial charge is 2.00 e. The van der Waals surface area contributed by atoms with Gasteiger partial charge in [0.2, 0.25) is 0 Å². The van der Waals surface area contributed by atoms with Gasteiger partial charge in [-0.2, -0.15) is 0 Å². The Labute approximate surface area is 182 Å². The van der Waals surface area contributed by atoms with Crippen molar-refractivity contribution < 1.29 is 137 Å². The molecule has 96 valence electrons. The van der Waals surface area contributed by atoms with Crippen LogP contribution in [-0.4, -0.2) is 60.1 Å². The second kappa shape index (κ2) is 16.9.